The molecular formula is C23H40O4Sn. The average Bonchev–Trinajstić information content (AvgIpc) is 3.04. The van der Waals surface area contributed by atoms with Gasteiger partial charge in [0.15, 0.2) is 0 Å². The number of hydrogen-bond acceptors (Lipinski definition) is 4. The van der Waals surface area contributed by atoms with E-state index in [9.17, 15) is 9.59 Å². The van der Waals surface area contributed by atoms with Gasteiger partial charge in [-0.15, -0.1) is 0 Å². The molecule has 160 valence electrons. The molecule has 0 atom stereocenters. The van der Waals surface area contributed by atoms with Crippen molar-refractivity contribution >= 4 is 30.3 Å². The van der Waals surface area contributed by atoms with Crippen LogP contribution < -0.4 is 0 Å². The fourth-order valence-corrected chi connectivity index (χ4v) is 19.9. The number of carbonyl (C=O) groups is 2. The van der Waals surface area contributed by atoms with Crippen LogP contribution >= 0.6 is 0 Å². The van der Waals surface area contributed by atoms with Gasteiger partial charge in [-0.2, -0.15) is 0 Å². The van der Waals surface area contributed by atoms with E-state index < -0.39 is 35.7 Å². The van der Waals surface area contributed by atoms with E-state index in [1.54, 1.807) is 0 Å². The van der Waals surface area contributed by atoms with Crippen LogP contribution in [0.25, 0.3) is 0 Å². The molecule has 0 aromatic heterocycles. The maximum atomic E-state index is 12.5. The number of allylic oxidation sites excluding steroid dienone is 2. The van der Waals surface area contributed by atoms with Gasteiger partial charge >= 0.3 is 176 Å². The molecule has 0 N–H and O–H groups in total. The van der Waals surface area contributed by atoms with E-state index in [4.69, 9.17) is 9.47 Å². The van der Waals surface area contributed by atoms with Gasteiger partial charge in [-0.25, -0.2) is 0 Å². The Morgan fingerprint density at radius 1 is 0.929 bits per heavy atom. The van der Waals surface area contributed by atoms with Crippen molar-refractivity contribution in [1.29, 1.82) is 0 Å². The van der Waals surface area contributed by atoms with E-state index >= 15 is 0 Å². The molecule has 0 amide bonds. The van der Waals surface area contributed by atoms with Crippen molar-refractivity contribution in [3.8, 4) is 0 Å². The summed E-state index contributed by atoms with van der Waals surface area (Å²) in [6.07, 6.45) is 8.18. The molecule has 28 heavy (non-hydrogen) atoms. The van der Waals surface area contributed by atoms with Crippen molar-refractivity contribution in [1.82, 2.24) is 0 Å². The van der Waals surface area contributed by atoms with Gasteiger partial charge in [0.05, 0.1) is 0 Å². The molecule has 1 saturated carbocycles. The van der Waals surface area contributed by atoms with E-state index in [0.29, 0.717) is 12.8 Å². The Kier molecular flexibility index (Phi) is 10.9. The number of hydrogen-bond donors (Lipinski definition) is 0. The van der Waals surface area contributed by atoms with Crippen LogP contribution in [0.5, 0.6) is 0 Å². The molecule has 4 nitrogen and oxygen atoms in total. The second kappa shape index (κ2) is 12.0. The number of rotatable bonds is 12. The van der Waals surface area contributed by atoms with Crippen LogP contribution in [-0.4, -0.2) is 44.5 Å². The molecule has 1 aliphatic carbocycles. The van der Waals surface area contributed by atoms with Gasteiger partial charge in [0.25, 0.3) is 0 Å². The third-order valence-electron chi connectivity index (χ3n) is 6.18. The van der Waals surface area contributed by atoms with Crippen LogP contribution in [0.1, 0.15) is 72.1 Å². The molecule has 1 aliphatic rings. The zero-order valence-electron chi connectivity index (χ0n) is 18.7. The Morgan fingerprint density at radius 3 is 1.71 bits per heavy atom. The first-order valence-electron chi connectivity index (χ1n) is 10.9. The van der Waals surface area contributed by atoms with Crippen molar-refractivity contribution in [3.05, 3.63) is 21.8 Å². The number of unbranched alkanes of at least 4 members (excludes halogenated alkanes) is 3. The summed E-state index contributed by atoms with van der Waals surface area (Å²) in [6.45, 7) is 11.0. The van der Waals surface area contributed by atoms with Gasteiger partial charge in [-0.1, -0.05) is 0 Å². The Balaban J connectivity index is 3.32. The topological polar surface area (TPSA) is 52.6 Å². The van der Waals surface area contributed by atoms with Crippen molar-refractivity contribution in [2.75, 3.05) is 14.2 Å². The molecular weight excluding hydrogens is 459 g/mol. The molecule has 0 unspecified atom stereocenters. The third kappa shape index (κ3) is 6.11. The summed E-state index contributed by atoms with van der Waals surface area (Å²) in [6, 6.07) is 0. The fraction of sp³-hybridized carbons (Fsp3) is 0.739. The van der Waals surface area contributed by atoms with Crippen LogP contribution in [0, 0.1) is 5.41 Å². The molecule has 0 aromatic rings. The molecule has 1 rings (SSSR count). The zero-order valence-corrected chi connectivity index (χ0v) is 21.5. The maximum absolute atomic E-state index is 12.5. The second-order valence-corrected chi connectivity index (χ2v) is 21.2. The van der Waals surface area contributed by atoms with Crippen molar-refractivity contribution in [2.24, 2.45) is 5.41 Å². The number of methoxy groups -OCH3 is 2. The quantitative estimate of drug-likeness (QED) is 0.188. The van der Waals surface area contributed by atoms with Crippen LogP contribution in [0.4, 0.5) is 0 Å². The number of carbonyl (C=O) groups excluding carboxylic acids is 2. The first-order valence-corrected chi connectivity index (χ1v) is 18.6. The predicted octanol–water partition coefficient (Wildman–Crippen LogP) is 5.98. The summed E-state index contributed by atoms with van der Waals surface area (Å²) in [4.78, 5) is 25.1. The Bertz CT molecular complexity index is 541. The van der Waals surface area contributed by atoms with Crippen molar-refractivity contribution in [3.63, 3.8) is 0 Å². The number of esters is 2. The van der Waals surface area contributed by atoms with Crippen molar-refractivity contribution in [2.45, 2.75) is 85.4 Å². The average molecular weight is 499 g/mol. The fourth-order valence-electron chi connectivity index (χ4n) is 4.45. The van der Waals surface area contributed by atoms with Gasteiger partial charge < -0.3 is 0 Å². The molecule has 0 spiro atoms. The van der Waals surface area contributed by atoms with Crippen LogP contribution in [0.3, 0.4) is 0 Å². The molecule has 5 heteroatoms. The second-order valence-electron chi connectivity index (χ2n) is 8.36. The Hall–Kier alpha value is -0.781. The minimum atomic E-state index is -2.55. The van der Waals surface area contributed by atoms with Gasteiger partial charge in [0, 0.05) is 0 Å². The monoisotopic (exact) mass is 500 g/mol. The normalized spacial score (nSPS) is 17.8. The molecule has 0 aliphatic heterocycles. The SMILES string of the molecule is C=C1CC(C(=O)OC)(C(=O)OC)C/C1=[CH]/[Sn]([CH2]CCC)([CH2]CCC)[CH2]CCC. The summed E-state index contributed by atoms with van der Waals surface area (Å²) in [7, 11) is 2.68. The summed E-state index contributed by atoms with van der Waals surface area (Å²) in [5.41, 5.74) is 0.806. The van der Waals surface area contributed by atoms with E-state index in [1.807, 2.05) is 0 Å². The van der Waals surface area contributed by atoms with Crippen molar-refractivity contribution < 1.29 is 19.1 Å². The first-order chi connectivity index (χ1) is 13.3. The predicted molar refractivity (Wildman–Crippen MR) is 118 cm³/mol. The minimum absolute atomic E-state index is 0.315. The van der Waals surface area contributed by atoms with E-state index in [1.165, 1.54) is 66.1 Å². The summed E-state index contributed by atoms with van der Waals surface area (Å²) < 4.78 is 16.6. The molecule has 1 fully saturated rings. The Labute approximate surface area is 176 Å². The van der Waals surface area contributed by atoms with Crippen LogP contribution in [-0.2, 0) is 19.1 Å². The van der Waals surface area contributed by atoms with E-state index in [-0.39, 0.29) is 0 Å². The molecule has 0 saturated heterocycles. The molecule has 0 radical (unpaired) electrons. The molecule has 0 bridgehead atoms. The van der Waals surface area contributed by atoms with Gasteiger partial charge in [-0.3, -0.25) is 0 Å². The third-order valence-corrected chi connectivity index (χ3v) is 20.5. The molecule has 0 aromatic carbocycles. The standard InChI is InChI=1S/C11H13O4.3C4H9.Sn/c1-7-5-11(6-8(7)2,9(12)14-3)10(13)15-4;3*1-3-4-2;/h1H,2,5-6H2,3-4H3;3*1,3-4H2,2H3;. The Morgan fingerprint density at radius 2 is 1.36 bits per heavy atom. The zero-order chi connectivity index (χ0) is 21.2. The number of ether oxygens (including phenoxy) is 2. The summed E-state index contributed by atoms with van der Waals surface area (Å²) in [5.74, 6) is -0.999. The summed E-state index contributed by atoms with van der Waals surface area (Å²) >= 11 is -2.55. The summed E-state index contributed by atoms with van der Waals surface area (Å²) in [5, 5.41) is 0. The molecule has 0 heterocycles. The van der Waals surface area contributed by atoms with Crippen LogP contribution in [0.2, 0.25) is 13.3 Å². The van der Waals surface area contributed by atoms with E-state index in [0.717, 1.165) is 11.1 Å². The van der Waals surface area contributed by atoms with Crippen LogP contribution in [0.15, 0.2) is 21.8 Å². The van der Waals surface area contributed by atoms with Gasteiger partial charge in [0.2, 0.25) is 0 Å². The van der Waals surface area contributed by atoms with Gasteiger partial charge in [-0.05, 0) is 0 Å². The van der Waals surface area contributed by atoms with E-state index in [2.05, 4.69) is 31.4 Å². The first kappa shape index (κ1) is 25.3. The van der Waals surface area contributed by atoms with Gasteiger partial charge in [0.1, 0.15) is 0 Å².